The second-order valence-electron chi connectivity index (χ2n) is 17.9. The SMILES string of the molecule is c1ccc(-c2ccc(-c3cccc(-c4nc(-c5ccccc5)nc(-c5ccc(-c6ccc7c(c6)-n6c8ccccc8c8cccc(c86)C76c7ccccc7-c7ccccc76)cc5)n4)c3)cc2)cc1. The van der Waals surface area contributed by atoms with Crippen LogP contribution in [-0.4, -0.2) is 19.5 Å². The van der Waals surface area contributed by atoms with Crippen molar-refractivity contribution in [1.29, 1.82) is 0 Å². The molecular formula is C64H40N4. The van der Waals surface area contributed by atoms with Crippen LogP contribution in [0.1, 0.15) is 22.3 Å². The summed E-state index contributed by atoms with van der Waals surface area (Å²) in [4.78, 5) is 15.3. The first-order valence-electron chi connectivity index (χ1n) is 23.3. The van der Waals surface area contributed by atoms with Gasteiger partial charge in [0.05, 0.1) is 22.1 Å². The molecule has 316 valence electrons. The van der Waals surface area contributed by atoms with Crippen LogP contribution in [-0.2, 0) is 5.41 Å². The van der Waals surface area contributed by atoms with Gasteiger partial charge in [0.1, 0.15) is 0 Å². The average Bonchev–Trinajstić information content (AvgIpc) is 3.92. The van der Waals surface area contributed by atoms with Gasteiger partial charge in [0.25, 0.3) is 0 Å². The molecule has 0 unspecified atom stereocenters. The third-order valence-corrected chi connectivity index (χ3v) is 14.3. The van der Waals surface area contributed by atoms with Gasteiger partial charge in [0.15, 0.2) is 17.5 Å². The standard InChI is InChI=1S/C64H40N4/c1-3-15-41(16-4-1)42-29-31-43(32-30-42)47-19-13-20-49(39-47)63-66-61(45-17-5-2-6-18-45)65-62(67-63)46-35-33-44(34-36-46)48-37-38-56-59(40-48)68-58-28-12-9-23-52(58)53-24-14-27-57(60(53)68)64(56)54-25-10-7-21-50(54)51-22-8-11-26-55(51)64/h1-40H. The average molecular weight is 865 g/mol. The summed E-state index contributed by atoms with van der Waals surface area (Å²) in [6.45, 7) is 0. The van der Waals surface area contributed by atoms with Crippen molar-refractivity contribution in [3.63, 3.8) is 0 Å². The van der Waals surface area contributed by atoms with Crippen molar-refractivity contribution in [2.24, 2.45) is 0 Å². The molecular weight excluding hydrogens is 825 g/mol. The topological polar surface area (TPSA) is 43.6 Å². The summed E-state index contributed by atoms with van der Waals surface area (Å²) in [5.74, 6) is 1.89. The number of para-hydroxylation sites is 2. The molecule has 2 aliphatic rings. The molecule has 12 aromatic rings. The van der Waals surface area contributed by atoms with Crippen LogP contribution in [0.25, 0.3) is 106 Å². The molecule has 0 radical (unpaired) electrons. The van der Waals surface area contributed by atoms with E-state index in [4.69, 9.17) is 15.0 Å². The lowest BCUT2D eigenvalue weighted by Gasteiger charge is -2.39. The Morgan fingerprint density at radius 1 is 0.279 bits per heavy atom. The van der Waals surface area contributed by atoms with E-state index in [1.165, 1.54) is 72.0 Å². The van der Waals surface area contributed by atoms with Gasteiger partial charge in [0.2, 0.25) is 0 Å². The van der Waals surface area contributed by atoms with Gasteiger partial charge < -0.3 is 4.57 Å². The van der Waals surface area contributed by atoms with Crippen LogP contribution in [0.5, 0.6) is 0 Å². The molecule has 0 fully saturated rings. The van der Waals surface area contributed by atoms with Crippen LogP contribution in [0.3, 0.4) is 0 Å². The minimum atomic E-state index is -0.478. The second kappa shape index (κ2) is 15.0. The van der Waals surface area contributed by atoms with Crippen LogP contribution in [0.4, 0.5) is 0 Å². The first-order valence-corrected chi connectivity index (χ1v) is 23.3. The highest BCUT2D eigenvalue weighted by molar-refractivity contribution is 6.13. The van der Waals surface area contributed by atoms with Crippen LogP contribution >= 0.6 is 0 Å². The van der Waals surface area contributed by atoms with Crippen molar-refractivity contribution < 1.29 is 0 Å². The molecule has 4 nitrogen and oxygen atoms in total. The number of benzene rings is 10. The van der Waals surface area contributed by atoms with E-state index in [2.05, 4.69) is 223 Å². The molecule has 68 heavy (non-hydrogen) atoms. The molecule has 0 atom stereocenters. The fourth-order valence-electron chi connectivity index (χ4n) is 11.2. The smallest absolute Gasteiger partial charge is 0.164 e. The monoisotopic (exact) mass is 864 g/mol. The summed E-state index contributed by atoms with van der Waals surface area (Å²) < 4.78 is 2.52. The van der Waals surface area contributed by atoms with Crippen molar-refractivity contribution in [2.75, 3.05) is 0 Å². The summed E-state index contributed by atoms with van der Waals surface area (Å²) in [6.07, 6.45) is 0. The Hall–Kier alpha value is -8.99. The van der Waals surface area contributed by atoms with Crippen molar-refractivity contribution in [3.05, 3.63) is 265 Å². The Morgan fingerprint density at radius 3 is 1.38 bits per heavy atom. The van der Waals surface area contributed by atoms with Crippen molar-refractivity contribution in [2.45, 2.75) is 5.41 Å². The first kappa shape index (κ1) is 38.3. The molecule has 0 saturated carbocycles. The molecule has 3 heterocycles. The Kier molecular flexibility index (Phi) is 8.46. The fourth-order valence-corrected chi connectivity index (χ4v) is 11.2. The molecule has 14 rings (SSSR count). The minimum absolute atomic E-state index is 0.478. The van der Waals surface area contributed by atoms with Crippen LogP contribution in [0.15, 0.2) is 243 Å². The molecule has 1 aliphatic heterocycles. The maximum atomic E-state index is 5.17. The summed E-state index contributed by atoms with van der Waals surface area (Å²) in [5, 5.41) is 2.54. The van der Waals surface area contributed by atoms with Gasteiger partial charge in [-0.25, -0.2) is 15.0 Å². The van der Waals surface area contributed by atoms with Gasteiger partial charge in [-0.05, 0) is 85.0 Å². The first-order chi connectivity index (χ1) is 33.7. The lowest BCUT2D eigenvalue weighted by atomic mass is 9.65. The molecule has 10 aromatic carbocycles. The second-order valence-corrected chi connectivity index (χ2v) is 17.9. The van der Waals surface area contributed by atoms with E-state index in [-0.39, 0.29) is 0 Å². The Bertz CT molecular complexity index is 3900. The van der Waals surface area contributed by atoms with Crippen LogP contribution < -0.4 is 0 Å². The van der Waals surface area contributed by atoms with Crippen molar-refractivity contribution >= 4 is 21.8 Å². The highest BCUT2D eigenvalue weighted by atomic mass is 15.0. The van der Waals surface area contributed by atoms with Gasteiger partial charge in [-0.1, -0.05) is 224 Å². The Morgan fingerprint density at radius 2 is 0.706 bits per heavy atom. The van der Waals surface area contributed by atoms with Crippen molar-refractivity contribution in [3.8, 4) is 84.4 Å². The number of rotatable bonds is 6. The Balaban J connectivity index is 0.885. The number of hydrogen-bond donors (Lipinski definition) is 0. The predicted octanol–water partition coefficient (Wildman–Crippen LogP) is 15.6. The number of aromatic nitrogens is 4. The quantitative estimate of drug-likeness (QED) is 0.167. The van der Waals surface area contributed by atoms with Crippen LogP contribution in [0, 0.1) is 0 Å². The van der Waals surface area contributed by atoms with E-state index in [1.54, 1.807) is 0 Å². The zero-order valence-corrected chi connectivity index (χ0v) is 36.9. The lowest BCUT2D eigenvalue weighted by Crippen LogP contribution is -2.33. The molecule has 4 heteroatoms. The van der Waals surface area contributed by atoms with Crippen LogP contribution in [0.2, 0.25) is 0 Å². The number of nitrogens with zero attached hydrogens (tertiary/aromatic N) is 4. The van der Waals surface area contributed by atoms with E-state index in [1.807, 2.05) is 24.3 Å². The maximum absolute atomic E-state index is 5.17. The summed E-state index contributed by atoms with van der Waals surface area (Å²) in [6, 6.07) is 87.5. The summed E-state index contributed by atoms with van der Waals surface area (Å²) in [5.41, 5.74) is 20.8. The van der Waals surface area contributed by atoms with Gasteiger partial charge >= 0.3 is 0 Å². The largest absolute Gasteiger partial charge is 0.309 e. The highest BCUT2D eigenvalue weighted by Gasteiger charge is 2.50. The highest BCUT2D eigenvalue weighted by Crippen LogP contribution is 2.61. The van der Waals surface area contributed by atoms with E-state index in [0.29, 0.717) is 17.5 Å². The maximum Gasteiger partial charge on any atom is 0.164 e. The molecule has 1 aliphatic carbocycles. The van der Waals surface area contributed by atoms with E-state index in [9.17, 15) is 0 Å². The van der Waals surface area contributed by atoms with Gasteiger partial charge in [-0.2, -0.15) is 0 Å². The Labute approximate surface area is 394 Å². The normalized spacial score (nSPS) is 12.8. The lowest BCUT2D eigenvalue weighted by molar-refractivity contribution is 0.748. The predicted molar refractivity (Wildman–Crippen MR) is 278 cm³/mol. The zero-order valence-electron chi connectivity index (χ0n) is 36.9. The molecule has 2 aromatic heterocycles. The van der Waals surface area contributed by atoms with Gasteiger partial charge in [-0.3, -0.25) is 0 Å². The van der Waals surface area contributed by atoms with Crippen molar-refractivity contribution in [1.82, 2.24) is 19.5 Å². The summed E-state index contributed by atoms with van der Waals surface area (Å²) in [7, 11) is 0. The van der Waals surface area contributed by atoms with E-state index >= 15 is 0 Å². The molecule has 0 N–H and O–H groups in total. The molecule has 1 spiro atoms. The van der Waals surface area contributed by atoms with Gasteiger partial charge in [0, 0.05) is 27.5 Å². The zero-order chi connectivity index (χ0) is 44.8. The fraction of sp³-hybridized carbons (Fsp3) is 0.0156. The number of hydrogen-bond acceptors (Lipinski definition) is 3. The third kappa shape index (κ3) is 5.71. The van der Waals surface area contributed by atoms with Gasteiger partial charge in [-0.15, -0.1) is 0 Å². The van der Waals surface area contributed by atoms with E-state index in [0.717, 1.165) is 38.9 Å². The minimum Gasteiger partial charge on any atom is -0.309 e. The van der Waals surface area contributed by atoms with E-state index < -0.39 is 5.41 Å². The molecule has 0 amide bonds. The summed E-state index contributed by atoms with van der Waals surface area (Å²) >= 11 is 0. The molecule has 0 saturated heterocycles. The molecule has 0 bridgehead atoms. The third-order valence-electron chi connectivity index (χ3n) is 14.3. The number of fused-ring (bicyclic) bond motifs is 12.